The van der Waals surface area contributed by atoms with Crippen molar-refractivity contribution in [2.24, 2.45) is 10.2 Å². The first-order chi connectivity index (χ1) is 15.0. The summed E-state index contributed by atoms with van der Waals surface area (Å²) in [6, 6.07) is 24.1. The van der Waals surface area contributed by atoms with E-state index in [0.29, 0.717) is 17.5 Å². The number of aromatic nitrogens is 1. The summed E-state index contributed by atoms with van der Waals surface area (Å²) in [4.78, 5) is 12.3. The molecule has 1 atom stereocenters. The number of rotatable bonds is 6. The van der Waals surface area contributed by atoms with Gasteiger partial charge in [0.15, 0.2) is 11.8 Å². The maximum Gasteiger partial charge on any atom is 0.297 e. The van der Waals surface area contributed by atoms with E-state index in [0.717, 1.165) is 22.0 Å². The second kappa shape index (κ2) is 9.24. The average molecular weight is 478 g/mol. The van der Waals surface area contributed by atoms with Gasteiger partial charge >= 0.3 is 0 Å². The minimum atomic E-state index is -1.41. The summed E-state index contributed by atoms with van der Waals surface area (Å²) in [6.07, 6.45) is -0.693. The minimum Gasteiger partial charge on any atom is -0.493 e. The van der Waals surface area contributed by atoms with Crippen LogP contribution in [-0.4, -0.2) is 20.7 Å². The molecule has 156 valence electrons. The van der Waals surface area contributed by atoms with Crippen molar-refractivity contribution in [3.05, 3.63) is 94.5 Å². The Balaban J connectivity index is 1.65. The lowest BCUT2D eigenvalue weighted by Crippen LogP contribution is -2.08. The number of carbonyl (C=O) groups excluding carboxylic acids is 1. The van der Waals surface area contributed by atoms with E-state index >= 15 is 0 Å². The Hall–Kier alpha value is -3.29. The van der Waals surface area contributed by atoms with Crippen LogP contribution in [-0.2, 0) is 17.8 Å². The van der Waals surface area contributed by atoms with Gasteiger partial charge in [-0.3, -0.25) is 4.79 Å². The van der Waals surface area contributed by atoms with Crippen LogP contribution in [0.2, 0.25) is 0 Å². The van der Waals surface area contributed by atoms with E-state index in [4.69, 9.17) is 0 Å². The number of aryl methyl sites for hydroxylation is 2. The van der Waals surface area contributed by atoms with E-state index in [1.54, 1.807) is 34.9 Å². The number of halogens is 1. The lowest BCUT2D eigenvalue weighted by molar-refractivity contribution is -0.126. The van der Waals surface area contributed by atoms with Crippen LogP contribution in [0.15, 0.2) is 93.6 Å². The normalized spacial score (nSPS) is 12.5. The van der Waals surface area contributed by atoms with E-state index in [2.05, 4.69) is 26.2 Å². The number of hydrogen-bond donors (Lipinski definition) is 2. The van der Waals surface area contributed by atoms with Crippen molar-refractivity contribution in [2.75, 3.05) is 0 Å². The number of hydrogen-bond acceptors (Lipinski definition) is 4. The predicted molar refractivity (Wildman–Crippen MR) is 122 cm³/mol. The summed E-state index contributed by atoms with van der Waals surface area (Å²) in [7, 11) is 0. The molecule has 1 amide bonds. The molecule has 1 unspecified atom stereocenters. The molecule has 0 radical (unpaired) electrons. The van der Waals surface area contributed by atoms with Crippen molar-refractivity contribution < 1.29 is 15.0 Å². The number of azo groups is 1. The van der Waals surface area contributed by atoms with E-state index < -0.39 is 12.0 Å². The third-order valence-corrected chi connectivity index (χ3v) is 5.53. The lowest BCUT2D eigenvalue weighted by atomic mass is 10.1. The first-order valence-corrected chi connectivity index (χ1v) is 10.6. The fourth-order valence-electron chi connectivity index (χ4n) is 3.44. The molecule has 6 nitrogen and oxygen atoms in total. The second-order valence-corrected chi connectivity index (χ2v) is 7.99. The highest BCUT2D eigenvalue weighted by Gasteiger charge is 2.20. The van der Waals surface area contributed by atoms with Crippen LogP contribution >= 0.6 is 15.9 Å². The Labute approximate surface area is 187 Å². The zero-order valence-corrected chi connectivity index (χ0v) is 18.1. The molecular formula is C24H20BrN3O3. The van der Waals surface area contributed by atoms with Crippen molar-refractivity contribution >= 4 is 38.4 Å². The number of fused-ring (bicyclic) bond motifs is 1. The molecule has 2 N–H and O–H groups in total. The number of carbonyl (C=O) groups is 1. The van der Waals surface area contributed by atoms with Gasteiger partial charge in [-0.2, -0.15) is 0 Å². The third-order valence-electron chi connectivity index (χ3n) is 5.04. The Morgan fingerprint density at radius 1 is 1.00 bits per heavy atom. The Bertz CT molecular complexity index is 1240. The molecule has 1 aromatic heterocycles. The molecule has 7 heteroatoms. The standard InChI is InChI=1S/C24H20BrN3O3/c25-18-11-12-20-19(15-18)21(24(31)28(20)14-13-16-7-3-1-4-8-16)26-27-23(30)22(29)17-9-5-2-6-10-17/h1-12,15,22,29,31H,13-14H2. The molecule has 0 spiro atoms. The van der Waals surface area contributed by atoms with Gasteiger partial charge in [0.2, 0.25) is 5.88 Å². The molecule has 31 heavy (non-hydrogen) atoms. The van der Waals surface area contributed by atoms with Crippen LogP contribution in [0.25, 0.3) is 10.9 Å². The highest BCUT2D eigenvalue weighted by atomic mass is 79.9. The third kappa shape index (κ3) is 4.57. The summed E-state index contributed by atoms with van der Waals surface area (Å²) < 4.78 is 2.56. The van der Waals surface area contributed by atoms with Crippen molar-refractivity contribution in [3.8, 4) is 5.88 Å². The second-order valence-electron chi connectivity index (χ2n) is 7.07. The number of nitrogens with zero attached hydrogens (tertiary/aromatic N) is 3. The summed E-state index contributed by atoms with van der Waals surface area (Å²) in [5.74, 6) is -0.874. The van der Waals surface area contributed by atoms with Crippen molar-refractivity contribution in [1.82, 2.24) is 4.57 Å². The fourth-order valence-corrected chi connectivity index (χ4v) is 3.80. The summed E-state index contributed by atoms with van der Waals surface area (Å²) in [6.45, 7) is 0.532. The molecular weight excluding hydrogens is 458 g/mol. The molecule has 0 aliphatic heterocycles. The van der Waals surface area contributed by atoms with Crippen molar-refractivity contribution in [3.63, 3.8) is 0 Å². The first kappa shape index (κ1) is 21.0. The van der Waals surface area contributed by atoms with Gasteiger partial charge in [-0.1, -0.05) is 76.6 Å². The van der Waals surface area contributed by atoms with Gasteiger partial charge in [0.1, 0.15) is 0 Å². The molecule has 0 saturated carbocycles. The largest absolute Gasteiger partial charge is 0.493 e. The van der Waals surface area contributed by atoms with Gasteiger partial charge in [0.05, 0.1) is 5.52 Å². The number of aliphatic hydroxyl groups excluding tert-OH is 1. The van der Waals surface area contributed by atoms with Crippen molar-refractivity contribution in [2.45, 2.75) is 19.1 Å². The van der Waals surface area contributed by atoms with Crippen LogP contribution < -0.4 is 0 Å². The molecule has 4 aromatic rings. The van der Waals surface area contributed by atoms with E-state index in [-0.39, 0.29) is 11.6 Å². The monoisotopic (exact) mass is 477 g/mol. The molecule has 3 aromatic carbocycles. The zero-order chi connectivity index (χ0) is 21.8. The van der Waals surface area contributed by atoms with Crippen LogP contribution in [0.1, 0.15) is 17.2 Å². The smallest absolute Gasteiger partial charge is 0.297 e. The van der Waals surface area contributed by atoms with Crippen LogP contribution in [0.4, 0.5) is 5.69 Å². The highest BCUT2D eigenvalue weighted by molar-refractivity contribution is 9.10. The molecule has 0 saturated heterocycles. The summed E-state index contributed by atoms with van der Waals surface area (Å²) >= 11 is 3.44. The number of aliphatic hydroxyl groups is 1. The van der Waals surface area contributed by atoms with Gasteiger partial charge in [-0.05, 0) is 35.7 Å². The molecule has 1 heterocycles. The number of amides is 1. The van der Waals surface area contributed by atoms with Gasteiger partial charge in [-0.15, -0.1) is 10.2 Å². The van der Waals surface area contributed by atoms with E-state index in [1.807, 2.05) is 48.5 Å². The van der Waals surface area contributed by atoms with Crippen LogP contribution in [0.3, 0.4) is 0 Å². The van der Waals surface area contributed by atoms with Gasteiger partial charge in [-0.25, -0.2) is 0 Å². The lowest BCUT2D eigenvalue weighted by Gasteiger charge is -2.07. The summed E-state index contributed by atoms with van der Waals surface area (Å²) in [5, 5.41) is 29.5. The van der Waals surface area contributed by atoms with Crippen LogP contribution in [0.5, 0.6) is 5.88 Å². The van der Waals surface area contributed by atoms with Gasteiger partial charge in [0, 0.05) is 16.4 Å². The molecule has 0 aliphatic carbocycles. The molecule has 4 rings (SSSR count). The maximum atomic E-state index is 12.3. The number of aromatic hydroxyl groups is 1. The van der Waals surface area contributed by atoms with Crippen molar-refractivity contribution in [1.29, 1.82) is 0 Å². The zero-order valence-electron chi connectivity index (χ0n) is 16.5. The maximum absolute atomic E-state index is 12.3. The predicted octanol–water partition coefficient (Wildman–Crippen LogP) is 5.70. The van der Waals surface area contributed by atoms with E-state index in [1.165, 1.54) is 0 Å². The topological polar surface area (TPSA) is 87.2 Å². The van der Waals surface area contributed by atoms with Gasteiger partial charge in [0.25, 0.3) is 5.91 Å². The molecule has 0 aliphatic rings. The van der Waals surface area contributed by atoms with Gasteiger partial charge < -0.3 is 14.8 Å². The number of benzene rings is 3. The quantitative estimate of drug-likeness (QED) is 0.349. The SMILES string of the molecule is O=C(N=Nc1c(O)n(CCc2ccccc2)c2ccc(Br)cc12)C(O)c1ccccc1. The van der Waals surface area contributed by atoms with E-state index in [9.17, 15) is 15.0 Å². The Morgan fingerprint density at radius 3 is 2.39 bits per heavy atom. The Kier molecular flexibility index (Phi) is 6.25. The highest BCUT2D eigenvalue weighted by Crippen LogP contribution is 2.40. The minimum absolute atomic E-state index is 0.0743. The van der Waals surface area contributed by atoms with Crippen LogP contribution in [0, 0.1) is 0 Å². The Morgan fingerprint density at radius 2 is 1.68 bits per heavy atom. The molecule has 0 fully saturated rings. The first-order valence-electron chi connectivity index (χ1n) is 9.78. The average Bonchev–Trinajstić information content (AvgIpc) is 3.06. The summed E-state index contributed by atoms with van der Waals surface area (Å²) in [5.41, 5.74) is 2.55. The fraction of sp³-hybridized carbons (Fsp3) is 0.125. The molecule has 0 bridgehead atoms.